The molecular weight excluding hydrogens is 270 g/mol. The molecule has 112 valence electrons. The van der Waals surface area contributed by atoms with Crippen LogP contribution in [0.1, 0.15) is 44.0 Å². The van der Waals surface area contributed by atoms with E-state index in [2.05, 4.69) is 35.7 Å². The molecule has 0 aliphatic rings. The highest BCUT2D eigenvalue weighted by Crippen LogP contribution is 2.29. The molecule has 0 aromatic carbocycles. The molecule has 0 unspecified atom stereocenters. The van der Waals surface area contributed by atoms with Gasteiger partial charge in [0.15, 0.2) is 0 Å². The summed E-state index contributed by atoms with van der Waals surface area (Å²) >= 11 is 1.82. The third-order valence-corrected chi connectivity index (χ3v) is 5.31. The standard InChI is InChI=1S/C15H25N3OS/c1-5-15(6-2,20-4)11-18-14(19)12-10-16-9-8-13(12)17-7-3/h8-10H,5-7,11H2,1-4H3,(H,16,17)(H,18,19). The summed E-state index contributed by atoms with van der Waals surface area (Å²) in [7, 11) is 0. The first kappa shape index (κ1) is 16.8. The molecule has 20 heavy (non-hydrogen) atoms. The van der Waals surface area contributed by atoms with Crippen molar-refractivity contribution >= 4 is 23.4 Å². The summed E-state index contributed by atoms with van der Waals surface area (Å²) in [4.78, 5) is 16.4. The number of nitrogens with one attached hydrogen (secondary N) is 2. The van der Waals surface area contributed by atoms with Crippen LogP contribution < -0.4 is 10.6 Å². The largest absolute Gasteiger partial charge is 0.385 e. The molecule has 0 saturated carbocycles. The van der Waals surface area contributed by atoms with Crippen LogP contribution in [0.25, 0.3) is 0 Å². The molecule has 5 heteroatoms. The van der Waals surface area contributed by atoms with Gasteiger partial charge in [-0.05, 0) is 32.1 Å². The maximum absolute atomic E-state index is 12.3. The van der Waals surface area contributed by atoms with Crippen LogP contribution >= 0.6 is 11.8 Å². The van der Waals surface area contributed by atoms with E-state index in [1.807, 2.05) is 24.8 Å². The normalized spacial score (nSPS) is 11.2. The average Bonchev–Trinajstić information content (AvgIpc) is 2.50. The smallest absolute Gasteiger partial charge is 0.255 e. The molecule has 1 aromatic rings. The molecule has 0 bridgehead atoms. The SMILES string of the molecule is CCNc1ccncc1C(=O)NCC(CC)(CC)SC. The zero-order valence-corrected chi connectivity index (χ0v) is 13.6. The fourth-order valence-corrected chi connectivity index (χ4v) is 2.91. The highest BCUT2D eigenvalue weighted by molar-refractivity contribution is 8.00. The Morgan fingerprint density at radius 3 is 2.60 bits per heavy atom. The Morgan fingerprint density at radius 1 is 1.35 bits per heavy atom. The van der Waals surface area contributed by atoms with Gasteiger partial charge in [-0.15, -0.1) is 0 Å². The average molecular weight is 295 g/mol. The van der Waals surface area contributed by atoms with Gasteiger partial charge in [0, 0.05) is 30.2 Å². The van der Waals surface area contributed by atoms with Gasteiger partial charge in [-0.25, -0.2) is 0 Å². The van der Waals surface area contributed by atoms with E-state index in [0.717, 1.165) is 25.1 Å². The van der Waals surface area contributed by atoms with E-state index < -0.39 is 0 Å². The van der Waals surface area contributed by atoms with Gasteiger partial charge in [0.1, 0.15) is 0 Å². The maximum atomic E-state index is 12.3. The Kier molecular flexibility index (Phi) is 6.85. The highest BCUT2D eigenvalue weighted by atomic mass is 32.2. The van der Waals surface area contributed by atoms with E-state index in [4.69, 9.17) is 0 Å². The van der Waals surface area contributed by atoms with E-state index >= 15 is 0 Å². The Balaban J connectivity index is 2.76. The Bertz CT molecular complexity index is 425. The predicted molar refractivity (Wildman–Crippen MR) is 87.6 cm³/mol. The molecule has 0 saturated heterocycles. The first-order chi connectivity index (χ1) is 9.62. The zero-order valence-electron chi connectivity index (χ0n) is 12.8. The number of aromatic nitrogens is 1. The number of anilines is 1. The first-order valence-electron chi connectivity index (χ1n) is 7.13. The molecule has 4 nitrogen and oxygen atoms in total. The van der Waals surface area contributed by atoms with E-state index in [0.29, 0.717) is 12.1 Å². The van der Waals surface area contributed by atoms with Crippen LogP contribution in [-0.2, 0) is 0 Å². The topological polar surface area (TPSA) is 54.0 Å². The number of hydrogen-bond donors (Lipinski definition) is 2. The van der Waals surface area contributed by atoms with E-state index in [1.165, 1.54) is 0 Å². The lowest BCUT2D eigenvalue weighted by Gasteiger charge is -2.29. The van der Waals surface area contributed by atoms with Gasteiger partial charge in [-0.1, -0.05) is 13.8 Å². The van der Waals surface area contributed by atoms with Crippen LogP contribution in [0.15, 0.2) is 18.5 Å². The molecule has 2 N–H and O–H groups in total. The van der Waals surface area contributed by atoms with Gasteiger partial charge < -0.3 is 10.6 Å². The van der Waals surface area contributed by atoms with Gasteiger partial charge in [0.05, 0.1) is 11.3 Å². The van der Waals surface area contributed by atoms with Crippen molar-refractivity contribution in [2.24, 2.45) is 0 Å². The Hall–Kier alpha value is -1.23. The first-order valence-corrected chi connectivity index (χ1v) is 8.36. The van der Waals surface area contributed by atoms with Crippen molar-refractivity contribution in [1.29, 1.82) is 0 Å². The summed E-state index contributed by atoms with van der Waals surface area (Å²) in [6.07, 6.45) is 7.49. The molecule has 1 amide bonds. The van der Waals surface area contributed by atoms with Crippen LogP contribution in [-0.4, -0.2) is 35.0 Å². The number of hydrogen-bond acceptors (Lipinski definition) is 4. The molecule has 1 heterocycles. The fourth-order valence-electron chi connectivity index (χ4n) is 2.12. The lowest BCUT2D eigenvalue weighted by atomic mass is 10.0. The van der Waals surface area contributed by atoms with Gasteiger partial charge in [0.25, 0.3) is 5.91 Å². The van der Waals surface area contributed by atoms with Gasteiger partial charge in [0.2, 0.25) is 0 Å². The second-order valence-corrected chi connectivity index (χ2v) is 6.00. The summed E-state index contributed by atoms with van der Waals surface area (Å²) in [5.74, 6) is -0.0608. The summed E-state index contributed by atoms with van der Waals surface area (Å²) in [6, 6.07) is 1.83. The minimum absolute atomic E-state index is 0.0608. The van der Waals surface area contributed by atoms with Gasteiger partial charge in [-0.2, -0.15) is 11.8 Å². The quantitative estimate of drug-likeness (QED) is 0.773. The van der Waals surface area contributed by atoms with Crippen molar-refractivity contribution in [3.8, 4) is 0 Å². The molecule has 0 fully saturated rings. The number of nitrogens with zero attached hydrogens (tertiary/aromatic N) is 1. The number of carbonyl (C=O) groups is 1. The van der Waals surface area contributed by atoms with Crippen molar-refractivity contribution in [3.63, 3.8) is 0 Å². The number of carbonyl (C=O) groups excluding carboxylic acids is 1. The van der Waals surface area contributed by atoms with Crippen molar-refractivity contribution in [2.75, 3.05) is 24.7 Å². The van der Waals surface area contributed by atoms with E-state index in [-0.39, 0.29) is 10.7 Å². The molecule has 0 radical (unpaired) electrons. The van der Waals surface area contributed by atoms with Crippen molar-refractivity contribution in [2.45, 2.75) is 38.4 Å². The lowest BCUT2D eigenvalue weighted by Crippen LogP contribution is -2.39. The molecule has 0 aliphatic heterocycles. The minimum atomic E-state index is -0.0608. The molecular formula is C15H25N3OS. The molecule has 0 spiro atoms. The summed E-state index contributed by atoms with van der Waals surface area (Å²) < 4.78 is 0.121. The van der Waals surface area contributed by atoms with Crippen molar-refractivity contribution in [3.05, 3.63) is 24.0 Å². The summed E-state index contributed by atoms with van der Waals surface area (Å²) in [5.41, 5.74) is 1.44. The van der Waals surface area contributed by atoms with Gasteiger partial charge in [-0.3, -0.25) is 9.78 Å². The summed E-state index contributed by atoms with van der Waals surface area (Å²) in [6.45, 7) is 7.80. The number of pyridine rings is 1. The zero-order chi connectivity index (χ0) is 15.0. The number of rotatable bonds is 8. The Morgan fingerprint density at radius 2 is 2.05 bits per heavy atom. The second-order valence-electron chi connectivity index (χ2n) is 4.73. The molecule has 1 rings (SSSR count). The van der Waals surface area contributed by atoms with Crippen LogP contribution in [0.3, 0.4) is 0 Å². The minimum Gasteiger partial charge on any atom is -0.385 e. The number of thioether (sulfide) groups is 1. The third kappa shape index (κ3) is 4.13. The van der Waals surface area contributed by atoms with E-state index in [1.54, 1.807) is 12.4 Å². The van der Waals surface area contributed by atoms with Crippen molar-refractivity contribution in [1.82, 2.24) is 10.3 Å². The van der Waals surface area contributed by atoms with Crippen molar-refractivity contribution < 1.29 is 4.79 Å². The Labute approximate surface area is 126 Å². The third-order valence-electron chi connectivity index (χ3n) is 3.73. The molecule has 0 atom stereocenters. The lowest BCUT2D eigenvalue weighted by molar-refractivity contribution is 0.0949. The van der Waals surface area contributed by atoms with E-state index in [9.17, 15) is 4.79 Å². The van der Waals surface area contributed by atoms with Gasteiger partial charge >= 0.3 is 0 Å². The second kappa shape index (κ2) is 8.15. The predicted octanol–water partition coefficient (Wildman–Crippen LogP) is 3.17. The van der Waals surface area contributed by atoms with Crippen LogP contribution in [0.5, 0.6) is 0 Å². The van der Waals surface area contributed by atoms with Crippen LogP contribution in [0, 0.1) is 0 Å². The monoisotopic (exact) mass is 295 g/mol. The number of amides is 1. The van der Waals surface area contributed by atoms with Crippen LogP contribution in [0.4, 0.5) is 5.69 Å². The molecule has 1 aromatic heterocycles. The van der Waals surface area contributed by atoms with Crippen LogP contribution in [0.2, 0.25) is 0 Å². The summed E-state index contributed by atoms with van der Waals surface area (Å²) in [5, 5.41) is 6.24. The molecule has 0 aliphatic carbocycles. The maximum Gasteiger partial charge on any atom is 0.255 e. The highest BCUT2D eigenvalue weighted by Gasteiger charge is 2.26. The fraction of sp³-hybridized carbons (Fsp3) is 0.600.